The molecule has 5 nitrogen and oxygen atoms in total. The van der Waals surface area contributed by atoms with Crippen LogP contribution in [0.5, 0.6) is 0 Å². The summed E-state index contributed by atoms with van der Waals surface area (Å²) in [6.07, 6.45) is 0.759. The molecular weight excluding hydrogens is 204 g/mol. The summed E-state index contributed by atoms with van der Waals surface area (Å²) < 4.78 is 0. The first kappa shape index (κ1) is 9.51. The number of carbonyl (C=O) groups excluding carboxylic acids is 1. The minimum atomic E-state index is -0.934. The summed E-state index contributed by atoms with van der Waals surface area (Å²) in [5, 5.41) is 8.83. The van der Waals surface area contributed by atoms with Crippen LogP contribution in [-0.4, -0.2) is 45.4 Å². The number of carboxylic acids is 1. The molecule has 0 unspecified atom stereocenters. The lowest BCUT2D eigenvalue weighted by atomic mass is 10.2. The lowest BCUT2D eigenvalue weighted by Crippen LogP contribution is -2.36. The van der Waals surface area contributed by atoms with E-state index in [0.717, 1.165) is 13.0 Å². The van der Waals surface area contributed by atoms with Gasteiger partial charge >= 0.3 is 5.97 Å². The van der Waals surface area contributed by atoms with Crippen LogP contribution < -0.4 is 0 Å². The molecule has 0 aromatic heterocycles. The van der Waals surface area contributed by atoms with E-state index < -0.39 is 11.2 Å². The van der Waals surface area contributed by atoms with E-state index >= 15 is 0 Å². The van der Waals surface area contributed by atoms with Gasteiger partial charge in [0, 0.05) is 13.1 Å². The van der Waals surface area contributed by atoms with Crippen molar-refractivity contribution in [2.24, 2.45) is 4.99 Å². The van der Waals surface area contributed by atoms with Crippen LogP contribution >= 0.6 is 11.8 Å². The normalized spacial score (nSPS) is 26.0. The van der Waals surface area contributed by atoms with Gasteiger partial charge in [-0.15, -0.1) is 0 Å². The van der Waals surface area contributed by atoms with Crippen molar-refractivity contribution in [2.75, 3.05) is 13.1 Å². The minimum absolute atomic E-state index is 0.101. The highest BCUT2D eigenvalue weighted by atomic mass is 32.2. The molecule has 2 aliphatic rings. The number of hydrogen-bond donors (Lipinski definition) is 1. The predicted molar refractivity (Wildman–Crippen MR) is 52.3 cm³/mol. The van der Waals surface area contributed by atoms with Crippen molar-refractivity contribution in [1.29, 1.82) is 0 Å². The van der Waals surface area contributed by atoms with Crippen LogP contribution in [0.3, 0.4) is 0 Å². The van der Waals surface area contributed by atoms with Gasteiger partial charge in [-0.25, -0.2) is 0 Å². The maximum absolute atomic E-state index is 11.6. The highest BCUT2D eigenvalue weighted by Gasteiger charge is 2.39. The first-order valence-corrected chi connectivity index (χ1v) is 5.31. The lowest BCUT2D eigenvalue weighted by Gasteiger charge is -2.19. The molecule has 1 amide bonds. The maximum Gasteiger partial charge on any atom is 0.305 e. The number of rotatable bonds is 2. The van der Waals surface area contributed by atoms with Gasteiger partial charge in [0.25, 0.3) is 0 Å². The molecule has 0 aromatic rings. The second kappa shape index (κ2) is 3.61. The zero-order chi connectivity index (χ0) is 10.1. The Morgan fingerprint density at radius 1 is 1.71 bits per heavy atom. The molecule has 0 radical (unpaired) electrons. The zero-order valence-corrected chi connectivity index (χ0v) is 8.29. The Bertz CT molecular complexity index is 316. The lowest BCUT2D eigenvalue weighted by molar-refractivity contribution is -0.139. The Hall–Kier alpha value is -1.04. The smallest absolute Gasteiger partial charge is 0.305 e. The third-order valence-corrected chi connectivity index (χ3v) is 3.38. The van der Waals surface area contributed by atoms with E-state index in [1.807, 2.05) is 0 Å². The molecule has 2 heterocycles. The highest BCUT2D eigenvalue weighted by Crippen LogP contribution is 2.31. The van der Waals surface area contributed by atoms with Gasteiger partial charge in [-0.1, -0.05) is 11.8 Å². The Morgan fingerprint density at radius 3 is 3.14 bits per heavy atom. The summed E-state index contributed by atoms with van der Waals surface area (Å²) in [5.74, 6) is -1.04. The summed E-state index contributed by atoms with van der Waals surface area (Å²) in [6, 6.07) is 0. The fraction of sp³-hybridized carbons (Fsp3) is 0.625. The number of amidine groups is 1. The van der Waals surface area contributed by atoms with E-state index in [1.165, 1.54) is 11.8 Å². The van der Waals surface area contributed by atoms with Gasteiger partial charge in [0.05, 0.1) is 6.42 Å². The molecule has 0 saturated carbocycles. The SMILES string of the molecule is O=C(O)C[C@@H]1SC2=NCCCN2C1=O. The molecule has 14 heavy (non-hydrogen) atoms. The molecule has 0 spiro atoms. The summed E-state index contributed by atoms with van der Waals surface area (Å²) in [5.41, 5.74) is 0. The number of amides is 1. The third-order valence-electron chi connectivity index (χ3n) is 2.17. The molecular formula is C8H10N2O3S. The van der Waals surface area contributed by atoms with Gasteiger partial charge in [0.2, 0.25) is 5.91 Å². The van der Waals surface area contributed by atoms with Gasteiger partial charge in [-0.05, 0) is 6.42 Å². The summed E-state index contributed by atoms with van der Waals surface area (Å²) >= 11 is 1.28. The molecule has 1 atom stereocenters. The van der Waals surface area contributed by atoms with Crippen LogP contribution in [-0.2, 0) is 9.59 Å². The molecule has 6 heteroatoms. The highest BCUT2D eigenvalue weighted by molar-refractivity contribution is 8.15. The van der Waals surface area contributed by atoms with Crippen LogP contribution in [0.25, 0.3) is 0 Å². The molecule has 0 bridgehead atoms. The van der Waals surface area contributed by atoms with E-state index in [1.54, 1.807) is 4.90 Å². The van der Waals surface area contributed by atoms with Crippen LogP contribution in [0.2, 0.25) is 0 Å². The van der Waals surface area contributed by atoms with Crippen molar-refractivity contribution >= 4 is 28.8 Å². The number of thioether (sulfide) groups is 1. The largest absolute Gasteiger partial charge is 0.481 e. The van der Waals surface area contributed by atoms with Gasteiger partial charge in [0.15, 0.2) is 5.17 Å². The van der Waals surface area contributed by atoms with E-state index in [0.29, 0.717) is 11.7 Å². The first-order valence-electron chi connectivity index (χ1n) is 4.43. The monoisotopic (exact) mass is 214 g/mol. The molecule has 1 N–H and O–H groups in total. The molecule has 1 fully saturated rings. The Balaban J connectivity index is 2.11. The van der Waals surface area contributed by atoms with Crippen molar-refractivity contribution in [3.8, 4) is 0 Å². The number of fused-ring (bicyclic) bond motifs is 1. The van der Waals surface area contributed by atoms with E-state index in [4.69, 9.17) is 5.11 Å². The quantitative estimate of drug-likeness (QED) is 0.711. The average molecular weight is 214 g/mol. The second-order valence-corrected chi connectivity index (χ2v) is 4.38. The van der Waals surface area contributed by atoms with Crippen LogP contribution in [0, 0.1) is 0 Å². The Morgan fingerprint density at radius 2 is 2.50 bits per heavy atom. The number of aliphatic carboxylic acids is 1. The fourth-order valence-electron chi connectivity index (χ4n) is 1.53. The van der Waals surface area contributed by atoms with Crippen molar-refractivity contribution in [3.05, 3.63) is 0 Å². The van der Waals surface area contributed by atoms with Crippen LogP contribution in [0.4, 0.5) is 0 Å². The van der Waals surface area contributed by atoms with E-state index in [2.05, 4.69) is 4.99 Å². The van der Waals surface area contributed by atoms with E-state index in [9.17, 15) is 9.59 Å². The third kappa shape index (κ3) is 1.61. The molecule has 1 saturated heterocycles. The Kier molecular flexibility index (Phi) is 2.45. The van der Waals surface area contributed by atoms with Gasteiger partial charge in [-0.2, -0.15) is 0 Å². The topological polar surface area (TPSA) is 70.0 Å². The van der Waals surface area contributed by atoms with Crippen molar-refractivity contribution in [1.82, 2.24) is 4.90 Å². The molecule has 76 valence electrons. The van der Waals surface area contributed by atoms with Crippen LogP contribution in [0.1, 0.15) is 12.8 Å². The summed E-state index contributed by atoms with van der Waals surface area (Å²) in [7, 11) is 0. The minimum Gasteiger partial charge on any atom is -0.481 e. The number of carbonyl (C=O) groups is 2. The fourth-order valence-corrected chi connectivity index (χ4v) is 2.71. The number of nitrogens with zero attached hydrogens (tertiary/aromatic N) is 2. The number of aliphatic imine (C=N–C) groups is 1. The van der Waals surface area contributed by atoms with Gasteiger partial charge < -0.3 is 5.11 Å². The van der Waals surface area contributed by atoms with Crippen molar-refractivity contribution in [2.45, 2.75) is 18.1 Å². The van der Waals surface area contributed by atoms with Crippen LogP contribution in [0.15, 0.2) is 4.99 Å². The number of hydrogen-bond acceptors (Lipinski definition) is 4. The molecule has 2 aliphatic heterocycles. The van der Waals surface area contributed by atoms with Crippen molar-refractivity contribution < 1.29 is 14.7 Å². The zero-order valence-electron chi connectivity index (χ0n) is 7.47. The van der Waals surface area contributed by atoms with Gasteiger partial charge in [0.1, 0.15) is 5.25 Å². The molecule has 0 aliphatic carbocycles. The number of carboxylic acid groups (broad SMARTS) is 1. The Labute approximate surface area is 85.2 Å². The predicted octanol–water partition coefficient (Wildman–Crippen LogP) is 0.165. The standard InChI is InChI=1S/C8H10N2O3S/c11-6(12)4-5-7(13)10-3-1-2-9-8(10)14-5/h5H,1-4H2,(H,11,12)/t5-/m0/s1. The summed E-state index contributed by atoms with van der Waals surface area (Å²) in [4.78, 5) is 27.9. The van der Waals surface area contributed by atoms with Crippen molar-refractivity contribution in [3.63, 3.8) is 0 Å². The first-order chi connectivity index (χ1) is 6.68. The second-order valence-electron chi connectivity index (χ2n) is 3.21. The van der Waals surface area contributed by atoms with E-state index in [-0.39, 0.29) is 12.3 Å². The van der Waals surface area contributed by atoms with Gasteiger partial charge in [-0.3, -0.25) is 19.5 Å². The molecule has 2 rings (SSSR count). The summed E-state index contributed by atoms with van der Waals surface area (Å²) in [6.45, 7) is 1.42. The maximum atomic E-state index is 11.6. The average Bonchev–Trinajstić information content (AvgIpc) is 2.44. The molecule has 0 aromatic carbocycles.